The van der Waals surface area contributed by atoms with Crippen molar-refractivity contribution in [2.45, 2.75) is 207 Å². The Labute approximate surface area is 301 Å². The molecule has 6 heteroatoms. The third-order valence-corrected chi connectivity index (χ3v) is 10.1. The molecule has 0 unspecified atom stereocenters. The third kappa shape index (κ3) is 34.7. The van der Waals surface area contributed by atoms with Gasteiger partial charge in [-0.25, -0.2) is 0 Å². The maximum Gasteiger partial charge on any atom is 0.221 e. The Morgan fingerprint density at radius 2 is 0.604 bits per heavy atom. The van der Waals surface area contributed by atoms with Crippen LogP contribution < -0.4 is 10.6 Å². The summed E-state index contributed by atoms with van der Waals surface area (Å²) in [6.45, 7) is 15.9. The zero-order valence-electron chi connectivity index (χ0n) is 33.2. The summed E-state index contributed by atoms with van der Waals surface area (Å²) in [6.07, 6.45) is 36.2. The maximum absolute atomic E-state index is 12.4. The molecule has 0 bridgehead atoms. The summed E-state index contributed by atoms with van der Waals surface area (Å²) in [5, 5.41) is 6.27. The number of carbonyl (C=O) groups excluding carboxylic acids is 2. The topological polar surface area (TPSA) is 64.7 Å². The van der Waals surface area contributed by atoms with E-state index in [2.05, 4.69) is 48.1 Å². The molecule has 48 heavy (non-hydrogen) atoms. The van der Waals surface area contributed by atoms with Crippen molar-refractivity contribution in [2.75, 3.05) is 52.4 Å². The normalized spacial score (nSPS) is 11.5. The molecule has 0 spiro atoms. The number of amides is 2. The molecule has 0 saturated heterocycles. The van der Waals surface area contributed by atoms with Crippen molar-refractivity contribution < 1.29 is 9.59 Å². The summed E-state index contributed by atoms with van der Waals surface area (Å²) in [5.41, 5.74) is 0. The molecule has 2 N–H and O–H groups in total. The summed E-state index contributed by atoms with van der Waals surface area (Å²) in [5.74, 6) is 0.361. The molecule has 6 nitrogen and oxygen atoms in total. The molecule has 0 aromatic heterocycles. The average molecular weight is 679 g/mol. The molecule has 0 atom stereocenters. The van der Waals surface area contributed by atoms with Crippen LogP contribution in [-0.2, 0) is 9.59 Å². The first-order valence-corrected chi connectivity index (χ1v) is 21.5. The van der Waals surface area contributed by atoms with E-state index in [0.29, 0.717) is 12.8 Å². The standard InChI is InChI=1S/C42H86N4O2/c1-5-9-11-13-15-17-19-21-23-25-27-29-31-35-43-41(47)33-37-45(7-3)39-40-46(8-4)38-34-42(48)44-36-32-30-28-26-24-22-20-18-16-14-12-10-6-2/h5-40H2,1-4H3,(H,43,47)(H,44,48). The fourth-order valence-corrected chi connectivity index (χ4v) is 6.58. The van der Waals surface area contributed by atoms with Crippen molar-refractivity contribution in [3.63, 3.8) is 0 Å². The summed E-state index contributed by atoms with van der Waals surface area (Å²) in [4.78, 5) is 29.5. The highest BCUT2D eigenvalue weighted by Gasteiger charge is 2.11. The van der Waals surface area contributed by atoms with E-state index in [1.807, 2.05) is 0 Å². The fourth-order valence-electron chi connectivity index (χ4n) is 6.58. The van der Waals surface area contributed by atoms with Crippen molar-refractivity contribution in [1.29, 1.82) is 0 Å². The number of hydrogen-bond donors (Lipinski definition) is 2. The van der Waals surface area contributed by atoms with Crippen molar-refractivity contribution in [3.05, 3.63) is 0 Å². The van der Waals surface area contributed by atoms with Gasteiger partial charge >= 0.3 is 0 Å². The number of carbonyl (C=O) groups is 2. The molecule has 0 aliphatic carbocycles. The SMILES string of the molecule is CCCCCCCCCCCCCCCNC(=O)CCN(CC)CCN(CC)CCC(=O)NCCCCCCCCCCCCCCC. The lowest BCUT2D eigenvalue weighted by Gasteiger charge is -2.26. The van der Waals surface area contributed by atoms with Crippen LogP contribution in [0.3, 0.4) is 0 Å². The Morgan fingerprint density at radius 3 is 0.854 bits per heavy atom. The van der Waals surface area contributed by atoms with E-state index in [4.69, 9.17) is 0 Å². The predicted molar refractivity (Wildman–Crippen MR) is 211 cm³/mol. The van der Waals surface area contributed by atoms with Gasteiger partial charge in [0.15, 0.2) is 0 Å². The zero-order valence-corrected chi connectivity index (χ0v) is 33.2. The van der Waals surface area contributed by atoms with Crippen LogP contribution in [0.4, 0.5) is 0 Å². The van der Waals surface area contributed by atoms with Crippen LogP contribution in [0.2, 0.25) is 0 Å². The Kier molecular flexibility index (Phi) is 37.7. The molecule has 0 aromatic rings. The minimum atomic E-state index is 0.180. The van der Waals surface area contributed by atoms with Gasteiger partial charge in [0.05, 0.1) is 0 Å². The van der Waals surface area contributed by atoms with Crippen LogP contribution in [0.25, 0.3) is 0 Å². The van der Waals surface area contributed by atoms with Crippen LogP contribution in [0.5, 0.6) is 0 Å². The number of rotatable bonds is 39. The molecule has 0 rings (SSSR count). The van der Waals surface area contributed by atoms with E-state index >= 15 is 0 Å². The van der Waals surface area contributed by atoms with E-state index in [1.54, 1.807) is 0 Å². The van der Waals surface area contributed by atoms with E-state index in [-0.39, 0.29) is 11.8 Å². The van der Waals surface area contributed by atoms with Gasteiger partial charge < -0.3 is 20.4 Å². The second kappa shape index (κ2) is 38.7. The van der Waals surface area contributed by atoms with Crippen molar-refractivity contribution in [1.82, 2.24) is 20.4 Å². The van der Waals surface area contributed by atoms with E-state index in [1.165, 1.54) is 154 Å². The van der Waals surface area contributed by atoms with Gasteiger partial charge in [-0.1, -0.05) is 182 Å². The lowest BCUT2D eigenvalue weighted by Crippen LogP contribution is -2.38. The van der Waals surface area contributed by atoms with Crippen LogP contribution in [0.1, 0.15) is 207 Å². The molecule has 0 saturated carbocycles. The van der Waals surface area contributed by atoms with Gasteiger partial charge in [0.2, 0.25) is 11.8 Å². The molecular formula is C42H86N4O2. The largest absolute Gasteiger partial charge is 0.356 e. The lowest BCUT2D eigenvalue weighted by atomic mass is 10.0. The van der Waals surface area contributed by atoms with Gasteiger partial charge in [0.25, 0.3) is 0 Å². The van der Waals surface area contributed by atoms with Crippen LogP contribution >= 0.6 is 0 Å². The first kappa shape index (κ1) is 46.9. The number of nitrogens with one attached hydrogen (secondary N) is 2. The fraction of sp³-hybridized carbons (Fsp3) is 0.952. The Balaban J connectivity index is 3.69. The number of likely N-dealkylation sites (N-methyl/N-ethyl adjacent to an activating group) is 2. The highest BCUT2D eigenvalue weighted by Crippen LogP contribution is 2.13. The predicted octanol–water partition coefficient (Wildman–Crippen LogP) is 10.8. The number of nitrogens with zero attached hydrogens (tertiary/aromatic N) is 2. The van der Waals surface area contributed by atoms with E-state index in [9.17, 15) is 9.59 Å². The second-order valence-electron chi connectivity index (χ2n) is 14.6. The maximum atomic E-state index is 12.4. The van der Waals surface area contributed by atoms with Crippen molar-refractivity contribution in [3.8, 4) is 0 Å². The highest BCUT2D eigenvalue weighted by molar-refractivity contribution is 5.76. The summed E-state index contributed by atoms with van der Waals surface area (Å²) in [6, 6.07) is 0. The Hall–Kier alpha value is -1.14. The molecular weight excluding hydrogens is 592 g/mol. The monoisotopic (exact) mass is 679 g/mol. The van der Waals surface area contributed by atoms with Gasteiger partial charge in [0.1, 0.15) is 0 Å². The van der Waals surface area contributed by atoms with Crippen molar-refractivity contribution in [2.24, 2.45) is 0 Å². The smallest absolute Gasteiger partial charge is 0.221 e. The van der Waals surface area contributed by atoms with Gasteiger partial charge in [-0.2, -0.15) is 0 Å². The van der Waals surface area contributed by atoms with Gasteiger partial charge in [-0.3, -0.25) is 9.59 Å². The first-order valence-electron chi connectivity index (χ1n) is 21.5. The summed E-state index contributed by atoms with van der Waals surface area (Å²) < 4.78 is 0. The summed E-state index contributed by atoms with van der Waals surface area (Å²) in [7, 11) is 0. The molecule has 0 heterocycles. The molecule has 2 amide bonds. The van der Waals surface area contributed by atoms with Crippen molar-refractivity contribution >= 4 is 11.8 Å². The van der Waals surface area contributed by atoms with Gasteiger partial charge in [-0.15, -0.1) is 0 Å². The molecule has 0 aliphatic heterocycles. The first-order chi connectivity index (χ1) is 23.6. The van der Waals surface area contributed by atoms with Crippen LogP contribution in [0, 0.1) is 0 Å². The van der Waals surface area contributed by atoms with Crippen LogP contribution in [0.15, 0.2) is 0 Å². The zero-order chi connectivity index (χ0) is 35.2. The van der Waals surface area contributed by atoms with E-state index in [0.717, 1.165) is 65.2 Å². The van der Waals surface area contributed by atoms with Gasteiger partial charge in [0, 0.05) is 52.1 Å². The minimum absolute atomic E-state index is 0.180. The second-order valence-corrected chi connectivity index (χ2v) is 14.6. The Morgan fingerprint density at radius 1 is 0.354 bits per heavy atom. The van der Waals surface area contributed by atoms with Crippen LogP contribution in [-0.4, -0.2) is 74.0 Å². The number of unbranched alkanes of at least 4 members (excludes halogenated alkanes) is 24. The quantitative estimate of drug-likeness (QED) is 0.0635. The lowest BCUT2D eigenvalue weighted by molar-refractivity contribution is -0.122. The number of hydrogen-bond acceptors (Lipinski definition) is 4. The average Bonchev–Trinajstić information content (AvgIpc) is 3.09. The molecule has 0 aromatic carbocycles. The molecule has 286 valence electrons. The molecule has 0 aliphatic rings. The molecule has 0 radical (unpaired) electrons. The van der Waals surface area contributed by atoms with Gasteiger partial charge in [-0.05, 0) is 25.9 Å². The Bertz CT molecular complexity index is 618. The summed E-state index contributed by atoms with van der Waals surface area (Å²) >= 11 is 0. The van der Waals surface area contributed by atoms with E-state index < -0.39 is 0 Å². The third-order valence-electron chi connectivity index (χ3n) is 10.1. The minimum Gasteiger partial charge on any atom is -0.356 e. The highest BCUT2D eigenvalue weighted by atomic mass is 16.2. The molecule has 0 fully saturated rings.